The monoisotopic (exact) mass is 338 g/mol. The van der Waals surface area contributed by atoms with Gasteiger partial charge in [-0.3, -0.25) is 4.67 Å². The predicted molar refractivity (Wildman–Crippen MR) is 105 cm³/mol. The first-order valence-electron chi connectivity index (χ1n) is 8.35. The number of hydrogen-bond acceptors (Lipinski definition) is 3. The average Bonchev–Trinajstić information content (AvgIpc) is 2.55. The first kappa shape index (κ1) is 18.1. The molecule has 0 spiro atoms. The SMILES string of the molecule is CC(=O)CCC(=NN(c1ccccc1)[Si](C)(C)C)c1ccccc1. The van der Waals surface area contributed by atoms with Gasteiger partial charge in [0.15, 0.2) is 8.24 Å². The molecule has 3 nitrogen and oxygen atoms in total. The van der Waals surface area contributed by atoms with Crippen molar-refractivity contribution in [3.8, 4) is 0 Å². The van der Waals surface area contributed by atoms with Gasteiger partial charge in [0.05, 0.1) is 5.71 Å². The Labute approximate surface area is 146 Å². The van der Waals surface area contributed by atoms with Crippen molar-refractivity contribution < 1.29 is 4.79 Å². The molecule has 0 amide bonds. The first-order valence-corrected chi connectivity index (χ1v) is 11.8. The van der Waals surface area contributed by atoms with Crippen LogP contribution in [0.15, 0.2) is 65.8 Å². The van der Waals surface area contributed by atoms with E-state index in [9.17, 15) is 4.79 Å². The molecule has 2 aromatic carbocycles. The van der Waals surface area contributed by atoms with E-state index in [4.69, 9.17) is 5.10 Å². The molecule has 0 saturated carbocycles. The summed E-state index contributed by atoms with van der Waals surface area (Å²) in [5.74, 6) is 0.192. The Balaban J connectivity index is 2.45. The highest BCUT2D eigenvalue weighted by Crippen LogP contribution is 2.23. The molecule has 0 N–H and O–H groups in total. The zero-order valence-electron chi connectivity index (χ0n) is 15.0. The van der Waals surface area contributed by atoms with Crippen LogP contribution in [0.25, 0.3) is 0 Å². The Bertz CT molecular complexity index is 691. The highest BCUT2D eigenvalue weighted by molar-refractivity contribution is 6.79. The minimum atomic E-state index is -1.72. The summed E-state index contributed by atoms with van der Waals surface area (Å²) >= 11 is 0. The number of anilines is 1. The molecule has 0 unspecified atom stereocenters. The Kier molecular flexibility index (Phi) is 6.09. The molecule has 0 saturated heterocycles. The molecular formula is C20H26N2OSi. The minimum Gasteiger partial charge on any atom is -0.300 e. The van der Waals surface area contributed by atoms with Crippen LogP contribution < -0.4 is 4.67 Å². The van der Waals surface area contributed by atoms with Gasteiger partial charge in [-0.15, -0.1) is 0 Å². The van der Waals surface area contributed by atoms with Crippen LogP contribution in [0.4, 0.5) is 5.69 Å². The Morgan fingerprint density at radius 3 is 1.96 bits per heavy atom. The van der Waals surface area contributed by atoms with Crippen molar-refractivity contribution in [2.24, 2.45) is 5.10 Å². The molecule has 0 heterocycles. The van der Waals surface area contributed by atoms with Gasteiger partial charge in [-0.25, -0.2) is 0 Å². The molecule has 0 aliphatic carbocycles. The van der Waals surface area contributed by atoms with Crippen molar-refractivity contribution in [1.82, 2.24) is 0 Å². The maximum Gasteiger partial charge on any atom is 0.176 e. The van der Waals surface area contributed by atoms with Crippen LogP contribution >= 0.6 is 0 Å². The molecule has 126 valence electrons. The number of carbonyl (C=O) groups is 1. The van der Waals surface area contributed by atoms with Crippen LogP contribution in [-0.4, -0.2) is 19.7 Å². The number of para-hydroxylation sites is 1. The standard InChI is InChI=1S/C20H26N2OSi/c1-17(23)15-16-20(18-11-7-5-8-12-18)21-22(24(2,3)4)19-13-9-6-10-14-19/h5-14H,15-16H2,1-4H3. The summed E-state index contributed by atoms with van der Waals surface area (Å²) in [6.07, 6.45) is 1.18. The molecule has 2 rings (SSSR count). The fraction of sp³-hybridized carbons (Fsp3) is 0.300. The Morgan fingerprint density at radius 1 is 0.917 bits per heavy atom. The lowest BCUT2D eigenvalue weighted by atomic mass is 10.0. The van der Waals surface area contributed by atoms with E-state index in [0.29, 0.717) is 12.8 Å². The lowest BCUT2D eigenvalue weighted by Gasteiger charge is -2.32. The van der Waals surface area contributed by atoms with E-state index in [1.807, 2.05) is 36.4 Å². The molecule has 24 heavy (non-hydrogen) atoms. The molecule has 0 radical (unpaired) electrons. The Morgan fingerprint density at radius 2 is 1.46 bits per heavy atom. The number of hydrazone groups is 1. The smallest absolute Gasteiger partial charge is 0.176 e. The zero-order chi connectivity index (χ0) is 17.6. The van der Waals surface area contributed by atoms with Gasteiger partial charge in [0, 0.05) is 12.1 Å². The third-order valence-corrected chi connectivity index (χ3v) is 5.31. The summed E-state index contributed by atoms with van der Waals surface area (Å²) in [5, 5.41) is 5.02. The summed E-state index contributed by atoms with van der Waals surface area (Å²) in [7, 11) is -1.72. The van der Waals surface area contributed by atoms with Gasteiger partial charge >= 0.3 is 0 Å². The summed E-state index contributed by atoms with van der Waals surface area (Å²) < 4.78 is 2.18. The zero-order valence-corrected chi connectivity index (χ0v) is 16.0. The van der Waals surface area contributed by atoms with Gasteiger partial charge < -0.3 is 4.79 Å². The van der Waals surface area contributed by atoms with Crippen molar-refractivity contribution in [3.05, 3.63) is 66.2 Å². The normalized spacial score (nSPS) is 12.1. The number of Topliss-reactive ketones (excluding diaryl/α,β-unsaturated/α-hetero) is 1. The molecule has 2 aromatic rings. The van der Waals surface area contributed by atoms with E-state index in [1.54, 1.807) is 6.92 Å². The summed E-state index contributed by atoms with van der Waals surface area (Å²) in [4.78, 5) is 11.5. The quantitative estimate of drug-likeness (QED) is 0.399. The van der Waals surface area contributed by atoms with Crippen LogP contribution in [0.2, 0.25) is 19.6 Å². The van der Waals surface area contributed by atoms with Gasteiger partial charge in [0.25, 0.3) is 0 Å². The molecule has 0 aromatic heterocycles. The second kappa shape index (κ2) is 8.06. The summed E-state index contributed by atoms with van der Waals surface area (Å²) in [5.41, 5.74) is 3.16. The van der Waals surface area contributed by atoms with Crippen molar-refractivity contribution in [3.63, 3.8) is 0 Å². The average molecular weight is 339 g/mol. The van der Waals surface area contributed by atoms with E-state index in [0.717, 1.165) is 17.0 Å². The lowest BCUT2D eigenvalue weighted by molar-refractivity contribution is -0.116. The number of benzene rings is 2. The second-order valence-electron chi connectivity index (χ2n) is 6.93. The van der Waals surface area contributed by atoms with Crippen LogP contribution in [0.1, 0.15) is 25.3 Å². The third-order valence-electron chi connectivity index (χ3n) is 3.68. The number of ketones is 1. The fourth-order valence-corrected chi connectivity index (χ4v) is 3.81. The second-order valence-corrected chi connectivity index (χ2v) is 11.7. The predicted octanol–water partition coefficient (Wildman–Crippen LogP) is 5.10. The largest absolute Gasteiger partial charge is 0.300 e. The summed E-state index contributed by atoms with van der Waals surface area (Å²) in [6.45, 7) is 8.46. The third kappa shape index (κ3) is 5.17. The number of rotatable bonds is 7. The van der Waals surface area contributed by atoms with Gasteiger partial charge in [0.2, 0.25) is 0 Å². The van der Waals surface area contributed by atoms with Gasteiger partial charge in [-0.2, -0.15) is 5.10 Å². The van der Waals surface area contributed by atoms with Crippen molar-refractivity contribution in [1.29, 1.82) is 0 Å². The number of carbonyl (C=O) groups excluding carboxylic acids is 1. The maximum atomic E-state index is 11.5. The molecule has 0 aliphatic heterocycles. The van der Waals surface area contributed by atoms with Crippen molar-refractivity contribution >= 4 is 25.4 Å². The van der Waals surface area contributed by atoms with Crippen molar-refractivity contribution in [2.75, 3.05) is 4.67 Å². The van der Waals surface area contributed by atoms with Gasteiger partial charge in [0.1, 0.15) is 5.78 Å². The summed E-state index contributed by atoms with van der Waals surface area (Å²) in [6, 6.07) is 20.4. The van der Waals surface area contributed by atoms with E-state index in [2.05, 4.69) is 48.6 Å². The van der Waals surface area contributed by atoms with Gasteiger partial charge in [-0.1, -0.05) is 48.5 Å². The van der Waals surface area contributed by atoms with Crippen LogP contribution in [0.5, 0.6) is 0 Å². The lowest BCUT2D eigenvalue weighted by Crippen LogP contribution is -2.43. The van der Waals surface area contributed by atoms with Crippen LogP contribution in [0, 0.1) is 0 Å². The molecule has 0 aliphatic rings. The van der Waals surface area contributed by atoms with E-state index in [1.165, 1.54) is 0 Å². The highest BCUT2D eigenvalue weighted by Gasteiger charge is 2.25. The first-order chi connectivity index (χ1) is 11.4. The topological polar surface area (TPSA) is 32.7 Å². The minimum absolute atomic E-state index is 0.192. The fourth-order valence-electron chi connectivity index (χ4n) is 2.46. The van der Waals surface area contributed by atoms with Gasteiger partial charge in [-0.05, 0) is 50.7 Å². The highest BCUT2D eigenvalue weighted by atomic mass is 28.3. The molecule has 0 atom stereocenters. The van der Waals surface area contributed by atoms with E-state index >= 15 is 0 Å². The number of hydrogen-bond donors (Lipinski definition) is 0. The van der Waals surface area contributed by atoms with Crippen molar-refractivity contribution in [2.45, 2.75) is 39.4 Å². The molecule has 0 fully saturated rings. The molecule has 4 heteroatoms. The maximum absolute atomic E-state index is 11.5. The molecule has 0 bridgehead atoms. The van der Waals surface area contributed by atoms with Crippen LogP contribution in [0.3, 0.4) is 0 Å². The van der Waals surface area contributed by atoms with Crippen LogP contribution in [-0.2, 0) is 4.79 Å². The molecular weight excluding hydrogens is 312 g/mol. The van der Waals surface area contributed by atoms with E-state index in [-0.39, 0.29) is 5.78 Å². The van der Waals surface area contributed by atoms with E-state index < -0.39 is 8.24 Å². The number of nitrogens with zero attached hydrogens (tertiary/aromatic N) is 2. The Hall–Kier alpha value is -2.20.